The molecule has 0 unspecified atom stereocenters. The van der Waals surface area contributed by atoms with Crippen molar-refractivity contribution in [3.63, 3.8) is 0 Å². The van der Waals surface area contributed by atoms with E-state index in [1.807, 2.05) is 0 Å². The minimum atomic E-state index is 0. The van der Waals surface area contributed by atoms with E-state index >= 15 is 0 Å². The lowest BCUT2D eigenvalue weighted by atomic mass is 10.1. The van der Waals surface area contributed by atoms with Gasteiger partial charge in [-0.2, -0.15) is 0 Å². The second kappa shape index (κ2) is 11.8. The van der Waals surface area contributed by atoms with Crippen LogP contribution in [0.15, 0.2) is 0 Å². The number of hydrogen-bond donors (Lipinski definition) is 2. The van der Waals surface area contributed by atoms with E-state index in [2.05, 4.69) is 10.2 Å². The van der Waals surface area contributed by atoms with Crippen molar-refractivity contribution in [3.8, 4) is 0 Å². The summed E-state index contributed by atoms with van der Waals surface area (Å²) in [5, 5.41) is 2.89. The number of unbranched alkanes of at least 4 members (excludes halogenated alkanes) is 2. The summed E-state index contributed by atoms with van der Waals surface area (Å²) in [6.45, 7) is 5.05. The van der Waals surface area contributed by atoms with Crippen LogP contribution in [0.4, 0.5) is 0 Å². The summed E-state index contributed by atoms with van der Waals surface area (Å²) in [4.78, 5) is 13.7. The normalized spacial score (nSPS) is 16.1. The largest absolute Gasteiger partial charge is 0.356 e. The Labute approximate surface area is 117 Å². The third-order valence-corrected chi connectivity index (χ3v) is 3.29. The van der Waals surface area contributed by atoms with Crippen LogP contribution in [0.25, 0.3) is 0 Å². The number of amides is 1. The first-order chi connectivity index (χ1) is 8.33. The molecule has 0 spiro atoms. The predicted molar refractivity (Wildman–Crippen MR) is 78.1 cm³/mol. The van der Waals surface area contributed by atoms with Gasteiger partial charge in [-0.05, 0) is 45.3 Å². The molecule has 3 N–H and O–H groups in total. The van der Waals surface area contributed by atoms with E-state index < -0.39 is 0 Å². The SMILES string of the molecule is Cl.NCCC(=O)NCCCCCN1CCCCC1. The molecule has 0 aliphatic carbocycles. The Morgan fingerprint density at radius 3 is 2.50 bits per heavy atom. The Balaban J connectivity index is 0.00000289. The fourth-order valence-electron chi connectivity index (χ4n) is 2.27. The van der Waals surface area contributed by atoms with Crippen LogP contribution in [0.5, 0.6) is 0 Å². The molecular weight excluding hydrogens is 250 g/mol. The van der Waals surface area contributed by atoms with Crippen molar-refractivity contribution < 1.29 is 4.79 Å². The topological polar surface area (TPSA) is 58.4 Å². The van der Waals surface area contributed by atoms with Gasteiger partial charge in [-0.1, -0.05) is 12.8 Å². The molecule has 1 rings (SSSR count). The first kappa shape index (κ1) is 17.7. The number of likely N-dealkylation sites (tertiary alicyclic amines) is 1. The van der Waals surface area contributed by atoms with Crippen LogP contribution in [0.3, 0.4) is 0 Å². The molecule has 0 saturated carbocycles. The van der Waals surface area contributed by atoms with Gasteiger partial charge >= 0.3 is 0 Å². The van der Waals surface area contributed by atoms with E-state index in [4.69, 9.17) is 5.73 Å². The van der Waals surface area contributed by atoms with Gasteiger partial charge in [-0.3, -0.25) is 4.79 Å². The average Bonchev–Trinajstić information content (AvgIpc) is 2.35. The van der Waals surface area contributed by atoms with Gasteiger partial charge in [-0.25, -0.2) is 0 Å². The monoisotopic (exact) mass is 277 g/mol. The standard InChI is InChI=1S/C13H27N3O.ClH/c14-8-7-13(17)15-9-3-1-4-10-16-11-5-2-6-12-16;/h1-12,14H2,(H,15,17);1H. The van der Waals surface area contributed by atoms with E-state index in [0.717, 1.165) is 13.0 Å². The van der Waals surface area contributed by atoms with E-state index in [0.29, 0.717) is 13.0 Å². The van der Waals surface area contributed by atoms with E-state index in [-0.39, 0.29) is 18.3 Å². The Bertz CT molecular complexity index is 208. The third kappa shape index (κ3) is 8.72. The van der Waals surface area contributed by atoms with E-state index in [1.54, 1.807) is 0 Å². The lowest BCUT2D eigenvalue weighted by molar-refractivity contribution is -0.120. The van der Waals surface area contributed by atoms with Gasteiger partial charge in [0.05, 0.1) is 0 Å². The number of hydrogen-bond acceptors (Lipinski definition) is 3. The van der Waals surface area contributed by atoms with Crippen LogP contribution in [-0.4, -0.2) is 43.5 Å². The maximum Gasteiger partial charge on any atom is 0.221 e. The zero-order valence-electron chi connectivity index (χ0n) is 11.3. The maximum atomic E-state index is 11.1. The minimum absolute atomic E-state index is 0. The molecule has 18 heavy (non-hydrogen) atoms. The van der Waals surface area contributed by atoms with Crippen LogP contribution < -0.4 is 11.1 Å². The van der Waals surface area contributed by atoms with Gasteiger partial charge in [-0.15, -0.1) is 12.4 Å². The number of nitrogens with one attached hydrogen (secondary N) is 1. The molecule has 0 bridgehead atoms. The number of carbonyl (C=O) groups is 1. The number of piperidine rings is 1. The highest BCUT2D eigenvalue weighted by molar-refractivity contribution is 5.85. The molecule has 1 saturated heterocycles. The summed E-state index contributed by atoms with van der Waals surface area (Å²) in [5.74, 6) is 0.0866. The molecule has 1 amide bonds. The Hall–Kier alpha value is -0.320. The van der Waals surface area contributed by atoms with Crippen molar-refractivity contribution >= 4 is 18.3 Å². The molecule has 4 nitrogen and oxygen atoms in total. The third-order valence-electron chi connectivity index (χ3n) is 3.29. The van der Waals surface area contributed by atoms with Gasteiger partial charge < -0.3 is 16.0 Å². The molecule has 0 atom stereocenters. The fraction of sp³-hybridized carbons (Fsp3) is 0.923. The highest BCUT2D eigenvalue weighted by Crippen LogP contribution is 2.09. The first-order valence-electron chi connectivity index (χ1n) is 7.02. The predicted octanol–water partition coefficient (Wildman–Crippen LogP) is 1.53. The van der Waals surface area contributed by atoms with Crippen molar-refractivity contribution in [2.24, 2.45) is 5.73 Å². The van der Waals surface area contributed by atoms with E-state index in [9.17, 15) is 4.79 Å². The van der Waals surface area contributed by atoms with Crippen molar-refractivity contribution in [1.82, 2.24) is 10.2 Å². The molecule has 0 aromatic heterocycles. The number of carbonyl (C=O) groups excluding carboxylic acids is 1. The Morgan fingerprint density at radius 2 is 1.83 bits per heavy atom. The molecule has 0 radical (unpaired) electrons. The summed E-state index contributed by atoms with van der Waals surface area (Å²) in [6.07, 6.45) is 8.15. The van der Waals surface area contributed by atoms with Crippen LogP contribution in [0.2, 0.25) is 0 Å². The lowest BCUT2D eigenvalue weighted by Gasteiger charge is -2.26. The highest BCUT2D eigenvalue weighted by Gasteiger charge is 2.08. The molecular formula is C13H28ClN3O. The Morgan fingerprint density at radius 1 is 1.11 bits per heavy atom. The van der Waals surface area contributed by atoms with Gasteiger partial charge in [0.2, 0.25) is 5.91 Å². The average molecular weight is 278 g/mol. The van der Waals surface area contributed by atoms with Gasteiger partial charge in [0.1, 0.15) is 0 Å². The van der Waals surface area contributed by atoms with Crippen molar-refractivity contribution in [1.29, 1.82) is 0 Å². The van der Waals surface area contributed by atoms with Crippen molar-refractivity contribution in [2.75, 3.05) is 32.7 Å². The summed E-state index contributed by atoms with van der Waals surface area (Å²) >= 11 is 0. The van der Waals surface area contributed by atoms with Crippen molar-refractivity contribution in [2.45, 2.75) is 44.9 Å². The lowest BCUT2D eigenvalue weighted by Crippen LogP contribution is -2.30. The first-order valence-corrected chi connectivity index (χ1v) is 7.02. The second-order valence-corrected chi connectivity index (χ2v) is 4.85. The quantitative estimate of drug-likeness (QED) is 0.662. The molecule has 5 heteroatoms. The van der Waals surface area contributed by atoms with Crippen LogP contribution >= 0.6 is 12.4 Å². The molecule has 108 valence electrons. The van der Waals surface area contributed by atoms with Crippen LogP contribution in [0.1, 0.15) is 44.9 Å². The number of halogens is 1. The Kier molecular flexibility index (Phi) is 11.5. The number of rotatable bonds is 8. The second-order valence-electron chi connectivity index (χ2n) is 4.85. The summed E-state index contributed by atoms with van der Waals surface area (Å²) in [7, 11) is 0. The summed E-state index contributed by atoms with van der Waals surface area (Å²) in [6, 6.07) is 0. The minimum Gasteiger partial charge on any atom is -0.356 e. The molecule has 0 aromatic rings. The van der Waals surface area contributed by atoms with Crippen LogP contribution in [0, 0.1) is 0 Å². The van der Waals surface area contributed by atoms with E-state index in [1.165, 1.54) is 51.7 Å². The molecule has 1 aliphatic rings. The number of nitrogens with zero attached hydrogens (tertiary/aromatic N) is 1. The fourth-order valence-corrected chi connectivity index (χ4v) is 2.27. The highest BCUT2D eigenvalue weighted by atomic mass is 35.5. The zero-order valence-corrected chi connectivity index (χ0v) is 12.1. The van der Waals surface area contributed by atoms with Gasteiger partial charge in [0.15, 0.2) is 0 Å². The number of nitrogens with two attached hydrogens (primary N) is 1. The zero-order chi connectivity index (χ0) is 12.3. The molecule has 1 fully saturated rings. The van der Waals surface area contributed by atoms with Crippen LogP contribution in [-0.2, 0) is 4.79 Å². The summed E-state index contributed by atoms with van der Waals surface area (Å²) in [5.41, 5.74) is 5.30. The van der Waals surface area contributed by atoms with Gasteiger partial charge in [0, 0.05) is 19.5 Å². The molecule has 1 aliphatic heterocycles. The van der Waals surface area contributed by atoms with Gasteiger partial charge in [0.25, 0.3) is 0 Å². The van der Waals surface area contributed by atoms with Crippen molar-refractivity contribution in [3.05, 3.63) is 0 Å². The molecule has 0 aromatic carbocycles. The smallest absolute Gasteiger partial charge is 0.221 e. The molecule has 1 heterocycles. The summed E-state index contributed by atoms with van der Waals surface area (Å²) < 4.78 is 0. The maximum absolute atomic E-state index is 11.1.